The Balaban J connectivity index is 2.01. The highest BCUT2D eigenvalue weighted by Gasteiger charge is 2.39. The fraction of sp³-hybridized carbons (Fsp3) is 0.538. The predicted molar refractivity (Wildman–Crippen MR) is 68.6 cm³/mol. The van der Waals surface area contributed by atoms with Crippen molar-refractivity contribution in [2.75, 3.05) is 13.6 Å². The van der Waals surface area contributed by atoms with Crippen LogP contribution in [0.1, 0.15) is 24.8 Å². The fourth-order valence-corrected chi connectivity index (χ4v) is 2.48. The highest BCUT2D eigenvalue weighted by molar-refractivity contribution is 6.30. The van der Waals surface area contributed by atoms with Crippen molar-refractivity contribution >= 4 is 11.6 Å². The molecule has 1 aliphatic carbocycles. The van der Waals surface area contributed by atoms with Gasteiger partial charge in [0.25, 0.3) is 0 Å². The summed E-state index contributed by atoms with van der Waals surface area (Å²) in [5.74, 6) is 0. The van der Waals surface area contributed by atoms with E-state index in [4.69, 9.17) is 17.3 Å². The third kappa shape index (κ3) is 2.24. The third-order valence-corrected chi connectivity index (χ3v) is 4.06. The van der Waals surface area contributed by atoms with Gasteiger partial charge < -0.3 is 5.73 Å². The van der Waals surface area contributed by atoms with Gasteiger partial charge in [-0.15, -0.1) is 0 Å². The summed E-state index contributed by atoms with van der Waals surface area (Å²) in [7, 11) is 2.17. The third-order valence-electron chi connectivity index (χ3n) is 3.81. The lowest BCUT2D eigenvalue weighted by molar-refractivity contribution is 0.0398. The minimum atomic E-state index is 0.250. The maximum Gasteiger partial charge on any atom is 0.0406 e. The average Bonchev–Trinajstić information content (AvgIpc) is 2.21. The van der Waals surface area contributed by atoms with Crippen LogP contribution in [-0.2, 0) is 6.54 Å². The molecular weight excluding hydrogens is 220 g/mol. The highest BCUT2D eigenvalue weighted by atomic mass is 35.5. The van der Waals surface area contributed by atoms with E-state index in [1.165, 1.54) is 24.8 Å². The van der Waals surface area contributed by atoms with E-state index in [-0.39, 0.29) is 5.54 Å². The Morgan fingerprint density at radius 2 is 1.94 bits per heavy atom. The molecule has 2 rings (SSSR count). The summed E-state index contributed by atoms with van der Waals surface area (Å²) in [6.07, 6.45) is 3.77. The molecule has 2 N–H and O–H groups in total. The highest BCUT2D eigenvalue weighted by Crippen LogP contribution is 2.36. The first kappa shape index (κ1) is 11.9. The largest absolute Gasteiger partial charge is 0.329 e. The minimum absolute atomic E-state index is 0.250. The SMILES string of the molecule is CN(Cc1ccc(Cl)cc1)C1(CN)CCC1. The quantitative estimate of drug-likeness (QED) is 0.874. The van der Waals surface area contributed by atoms with E-state index in [0.717, 1.165) is 18.1 Å². The zero-order valence-electron chi connectivity index (χ0n) is 9.75. The minimum Gasteiger partial charge on any atom is -0.329 e. The van der Waals surface area contributed by atoms with Crippen molar-refractivity contribution < 1.29 is 0 Å². The first-order valence-electron chi connectivity index (χ1n) is 5.82. The number of benzene rings is 1. The number of hydrogen-bond donors (Lipinski definition) is 1. The topological polar surface area (TPSA) is 29.3 Å². The van der Waals surface area contributed by atoms with Gasteiger partial charge in [0.15, 0.2) is 0 Å². The molecule has 0 unspecified atom stereocenters. The molecule has 1 saturated carbocycles. The number of halogens is 1. The lowest BCUT2D eigenvalue weighted by Crippen LogP contribution is -2.56. The molecule has 0 saturated heterocycles. The Labute approximate surface area is 102 Å². The Bertz CT molecular complexity index is 338. The molecule has 0 aliphatic heterocycles. The monoisotopic (exact) mass is 238 g/mol. The van der Waals surface area contributed by atoms with E-state index in [1.54, 1.807) is 0 Å². The number of nitrogens with two attached hydrogens (primary N) is 1. The van der Waals surface area contributed by atoms with Crippen LogP contribution in [-0.4, -0.2) is 24.0 Å². The van der Waals surface area contributed by atoms with Gasteiger partial charge in [-0.2, -0.15) is 0 Å². The molecule has 2 nitrogen and oxygen atoms in total. The zero-order valence-corrected chi connectivity index (χ0v) is 10.5. The Kier molecular flexibility index (Phi) is 3.53. The predicted octanol–water partition coefficient (Wildman–Crippen LogP) is 2.65. The molecule has 0 heterocycles. The van der Waals surface area contributed by atoms with Gasteiger partial charge in [-0.1, -0.05) is 23.7 Å². The summed E-state index contributed by atoms with van der Waals surface area (Å²) in [6, 6.07) is 8.06. The summed E-state index contributed by atoms with van der Waals surface area (Å²) >= 11 is 5.87. The van der Waals surface area contributed by atoms with E-state index in [1.807, 2.05) is 12.1 Å². The van der Waals surface area contributed by atoms with Crippen molar-refractivity contribution in [2.45, 2.75) is 31.3 Å². The number of likely N-dealkylation sites (N-methyl/N-ethyl adjacent to an activating group) is 1. The lowest BCUT2D eigenvalue weighted by atomic mass is 9.75. The number of rotatable bonds is 4. The van der Waals surface area contributed by atoms with Crippen molar-refractivity contribution in [3.05, 3.63) is 34.9 Å². The van der Waals surface area contributed by atoms with E-state index in [2.05, 4.69) is 24.1 Å². The van der Waals surface area contributed by atoms with Crippen LogP contribution in [0.15, 0.2) is 24.3 Å². The zero-order chi connectivity index (χ0) is 11.6. The van der Waals surface area contributed by atoms with Crippen molar-refractivity contribution in [1.82, 2.24) is 4.90 Å². The number of hydrogen-bond acceptors (Lipinski definition) is 2. The second kappa shape index (κ2) is 4.74. The van der Waals surface area contributed by atoms with Crippen LogP contribution < -0.4 is 5.73 Å². The second-order valence-electron chi connectivity index (χ2n) is 4.76. The van der Waals surface area contributed by atoms with Crippen LogP contribution in [0.4, 0.5) is 0 Å². The molecule has 88 valence electrons. The Morgan fingerprint density at radius 1 is 1.31 bits per heavy atom. The summed E-state index contributed by atoms with van der Waals surface area (Å²) in [5, 5.41) is 0.795. The molecule has 16 heavy (non-hydrogen) atoms. The normalized spacial score (nSPS) is 18.5. The van der Waals surface area contributed by atoms with Gasteiger partial charge >= 0.3 is 0 Å². The Morgan fingerprint density at radius 3 is 2.38 bits per heavy atom. The average molecular weight is 239 g/mol. The van der Waals surface area contributed by atoms with Gasteiger partial charge in [0.2, 0.25) is 0 Å². The van der Waals surface area contributed by atoms with E-state index in [9.17, 15) is 0 Å². The summed E-state index contributed by atoms with van der Waals surface area (Å²) in [4.78, 5) is 2.39. The first-order chi connectivity index (χ1) is 7.66. The molecule has 0 aromatic heterocycles. The molecule has 0 atom stereocenters. The first-order valence-corrected chi connectivity index (χ1v) is 6.20. The van der Waals surface area contributed by atoms with Crippen molar-refractivity contribution in [2.24, 2.45) is 5.73 Å². The van der Waals surface area contributed by atoms with Crippen LogP contribution in [0.3, 0.4) is 0 Å². The van der Waals surface area contributed by atoms with E-state index in [0.29, 0.717) is 0 Å². The van der Waals surface area contributed by atoms with Crippen LogP contribution >= 0.6 is 11.6 Å². The molecular formula is C13H19ClN2. The van der Waals surface area contributed by atoms with E-state index >= 15 is 0 Å². The molecule has 1 fully saturated rings. The van der Waals surface area contributed by atoms with Crippen LogP contribution in [0.5, 0.6) is 0 Å². The van der Waals surface area contributed by atoms with Gasteiger partial charge in [-0.25, -0.2) is 0 Å². The molecule has 1 aromatic rings. The van der Waals surface area contributed by atoms with Gasteiger partial charge in [0.1, 0.15) is 0 Å². The van der Waals surface area contributed by atoms with Crippen LogP contribution in [0, 0.1) is 0 Å². The van der Waals surface area contributed by atoms with Crippen molar-refractivity contribution in [3.63, 3.8) is 0 Å². The molecule has 0 radical (unpaired) electrons. The second-order valence-corrected chi connectivity index (χ2v) is 5.20. The summed E-state index contributed by atoms with van der Waals surface area (Å²) < 4.78 is 0. The molecule has 1 aliphatic rings. The molecule has 0 amide bonds. The van der Waals surface area contributed by atoms with Crippen LogP contribution in [0.2, 0.25) is 5.02 Å². The Hall–Kier alpha value is -0.570. The van der Waals surface area contributed by atoms with Crippen molar-refractivity contribution in [1.29, 1.82) is 0 Å². The maximum absolute atomic E-state index is 5.88. The smallest absolute Gasteiger partial charge is 0.0406 e. The standard InChI is InChI=1S/C13H19ClN2/c1-16(13(10-15)7-2-8-13)9-11-3-5-12(14)6-4-11/h3-6H,2,7-10,15H2,1H3. The van der Waals surface area contributed by atoms with Crippen LogP contribution in [0.25, 0.3) is 0 Å². The summed E-state index contributed by atoms with van der Waals surface area (Å²) in [6.45, 7) is 1.71. The lowest BCUT2D eigenvalue weighted by Gasteiger charge is -2.48. The molecule has 0 bridgehead atoms. The molecule has 1 aromatic carbocycles. The maximum atomic E-state index is 5.88. The van der Waals surface area contributed by atoms with Gasteiger partial charge in [0, 0.05) is 23.7 Å². The molecule has 0 spiro atoms. The van der Waals surface area contributed by atoms with Gasteiger partial charge in [0.05, 0.1) is 0 Å². The molecule has 3 heteroatoms. The fourth-order valence-electron chi connectivity index (χ4n) is 2.36. The van der Waals surface area contributed by atoms with Gasteiger partial charge in [-0.3, -0.25) is 4.90 Å². The summed E-state index contributed by atoms with van der Waals surface area (Å²) in [5.41, 5.74) is 7.43. The number of nitrogens with zero attached hydrogens (tertiary/aromatic N) is 1. The van der Waals surface area contributed by atoms with Crippen molar-refractivity contribution in [3.8, 4) is 0 Å². The van der Waals surface area contributed by atoms with E-state index < -0.39 is 0 Å². The van der Waals surface area contributed by atoms with Gasteiger partial charge in [-0.05, 0) is 44.0 Å².